The molecule has 2 atom stereocenters. The summed E-state index contributed by atoms with van der Waals surface area (Å²) in [5, 5.41) is 13.0. The van der Waals surface area contributed by atoms with Gasteiger partial charge >= 0.3 is 0 Å². The molecule has 0 aliphatic heterocycles. The molecule has 2 aromatic heterocycles. The van der Waals surface area contributed by atoms with Crippen LogP contribution < -0.4 is 10.9 Å². The number of thioether (sulfide) groups is 1. The van der Waals surface area contributed by atoms with Gasteiger partial charge < -0.3 is 5.32 Å². The monoisotopic (exact) mass is 413 g/mol. The van der Waals surface area contributed by atoms with Crippen LogP contribution in [0.5, 0.6) is 0 Å². The summed E-state index contributed by atoms with van der Waals surface area (Å²) in [5.41, 5.74) is 0.719. The lowest BCUT2D eigenvalue weighted by atomic mass is 9.86. The van der Waals surface area contributed by atoms with Gasteiger partial charge in [0.05, 0.1) is 16.7 Å². The van der Waals surface area contributed by atoms with Crippen LogP contribution in [0, 0.1) is 5.92 Å². The molecule has 1 N–H and O–H groups in total. The van der Waals surface area contributed by atoms with Crippen LogP contribution in [0.4, 0.5) is 0 Å². The molecule has 29 heavy (non-hydrogen) atoms. The van der Waals surface area contributed by atoms with Gasteiger partial charge in [0.15, 0.2) is 5.16 Å². The maximum atomic E-state index is 12.9. The van der Waals surface area contributed by atoms with Crippen molar-refractivity contribution in [3.63, 3.8) is 0 Å². The van der Waals surface area contributed by atoms with Crippen molar-refractivity contribution in [2.45, 2.75) is 63.7 Å². The molecule has 2 unspecified atom stereocenters. The van der Waals surface area contributed by atoms with E-state index in [0.29, 0.717) is 28.8 Å². The predicted octanol–water partition coefficient (Wildman–Crippen LogP) is 3.24. The normalized spacial score (nSPS) is 19.7. The summed E-state index contributed by atoms with van der Waals surface area (Å²) in [5.74, 6) is 1.36. The number of benzene rings is 1. The van der Waals surface area contributed by atoms with E-state index in [-0.39, 0.29) is 23.3 Å². The smallest absolute Gasteiger partial charge is 0.262 e. The molecule has 0 spiro atoms. The fourth-order valence-corrected chi connectivity index (χ4v) is 4.91. The summed E-state index contributed by atoms with van der Waals surface area (Å²) in [6, 6.07) is 7.76. The van der Waals surface area contributed by atoms with Gasteiger partial charge in [-0.25, -0.2) is 0 Å². The van der Waals surface area contributed by atoms with Crippen molar-refractivity contribution in [2.24, 2.45) is 5.92 Å². The molecule has 4 rings (SSSR count). The summed E-state index contributed by atoms with van der Waals surface area (Å²) in [6.07, 6.45) is 5.48. The van der Waals surface area contributed by atoms with E-state index < -0.39 is 0 Å². The molecule has 3 aromatic rings. The SMILES string of the molecule is CCCn1c(=O)c2ccccc2n2c(SCC(=O)NC3CCCCC3C)nnc12. The van der Waals surface area contributed by atoms with E-state index in [2.05, 4.69) is 22.4 Å². The number of hydrogen-bond acceptors (Lipinski definition) is 5. The number of rotatable bonds is 6. The molecule has 0 saturated heterocycles. The highest BCUT2D eigenvalue weighted by Gasteiger charge is 2.23. The summed E-state index contributed by atoms with van der Waals surface area (Å²) in [4.78, 5) is 25.4. The number of aryl methyl sites for hydroxylation is 1. The van der Waals surface area contributed by atoms with Crippen molar-refractivity contribution >= 4 is 34.3 Å². The van der Waals surface area contributed by atoms with Crippen LogP contribution in [-0.4, -0.2) is 36.9 Å². The maximum absolute atomic E-state index is 12.9. The highest BCUT2D eigenvalue weighted by atomic mass is 32.2. The van der Waals surface area contributed by atoms with Crippen LogP contribution in [0.3, 0.4) is 0 Å². The average Bonchev–Trinajstić information content (AvgIpc) is 3.15. The molecule has 7 nitrogen and oxygen atoms in total. The first kappa shape index (κ1) is 19.9. The second kappa shape index (κ2) is 8.57. The largest absolute Gasteiger partial charge is 0.352 e. The van der Waals surface area contributed by atoms with Gasteiger partial charge in [0.2, 0.25) is 11.7 Å². The van der Waals surface area contributed by atoms with E-state index in [4.69, 9.17) is 0 Å². The Morgan fingerprint density at radius 1 is 1.24 bits per heavy atom. The van der Waals surface area contributed by atoms with Crippen LogP contribution in [0.1, 0.15) is 46.0 Å². The van der Waals surface area contributed by atoms with Crippen LogP contribution in [0.25, 0.3) is 16.7 Å². The van der Waals surface area contributed by atoms with Gasteiger partial charge in [-0.1, -0.05) is 50.6 Å². The summed E-state index contributed by atoms with van der Waals surface area (Å²) in [7, 11) is 0. The fraction of sp³-hybridized carbons (Fsp3) is 0.524. The molecular weight excluding hydrogens is 386 g/mol. The number of carbonyl (C=O) groups is 1. The second-order valence-corrected chi connectivity index (χ2v) is 8.76. The van der Waals surface area contributed by atoms with Gasteiger partial charge in [0, 0.05) is 12.6 Å². The zero-order valence-corrected chi connectivity index (χ0v) is 17.7. The summed E-state index contributed by atoms with van der Waals surface area (Å²) < 4.78 is 3.57. The number of nitrogens with zero attached hydrogens (tertiary/aromatic N) is 4. The number of fused-ring (bicyclic) bond motifs is 3. The van der Waals surface area contributed by atoms with E-state index in [1.807, 2.05) is 35.6 Å². The first-order valence-electron chi connectivity index (χ1n) is 10.4. The molecular formula is C21H27N5O2S. The number of aromatic nitrogens is 4. The third-order valence-electron chi connectivity index (χ3n) is 5.72. The molecule has 0 radical (unpaired) electrons. The minimum atomic E-state index is -0.0528. The number of para-hydroxylation sites is 1. The third kappa shape index (κ3) is 3.90. The standard InChI is InChI=1S/C21H27N5O2S/c1-3-12-25-19(28)15-9-5-7-11-17(15)26-20(25)23-24-21(26)29-13-18(27)22-16-10-6-4-8-14(16)2/h5,7,9,11,14,16H,3-4,6,8,10,12-13H2,1-2H3,(H,22,27). The van der Waals surface area contributed by atoms with Crippen molar-refractivity contribution in [1.82, 2.24) is 24.5 Å². The maximum Gasteiger partial charge on any atom is 0.262 e. The lowest BCUT2D eigenvalue weighted by Crippen LogP contribution is -2.41. The number of hydrogen-bond donors (Lipinski definition) is 1. The molecule has 2 heterocycles. The van der Waals surface area contributed by atoms with E-state index in [1.54, 1.807) is 4.57 Å². The average molecular weight is 414 g/mol. The molecule has 1 aromatic carbocycles. The van der Waals surface area contributed by atoms with Crippen molar-refractivity contribution in [3.8, 4) is 0 Å². The lowest BCUT2D eigenvalue weighted by molar-refractivity contribution is -0.119. The Bertz CT molecular complexity index is 1090. The van der Waals surface area contributed by atoms with E-state index in [1.165, 1.54) is 31.0 Å². The Morgan fingerprint density at radius 2 is 2.03 bits per heavy atom. The van der Waals surface area contributed by atoms with Crippen LogP contribution in [0.2, 0.25) is 0 Å². The van der Waals surface area contributed by atoms with E-state index in [9.17, 15) is 9.59 Å². The molecule has 8 heteroatoms. The van der Waals surface area contributed by atoms with Gasteiger partial charge in [0.25, 0.3) is 5.56 Å². The Balaban J connectivity index is 1.61. The van der Waals surface area contributed by atoms with Crippen molar-refractivity contribution in [2.75, 3.05) is 5.75 Å². The minimum absolute atomic E-state index is 0.0247. The third-order valence-corrected chi connectivity index (χ3v) is 6.64. The Labute approximate surface area is 173 Å². The number of nitrogens with one attached hydrogen (secondary N) is 1. The van der Waals surface area contributed by atoms with Crippen LogP contribution >= 0.6 is 11.8 Å². The van der Waals surface area contributed by atoms with Crippen molar-refractivity contribution < 1.29 is 4.79 Å². The van der Waals surface area contributed by atoms with E-state index in [0.717, 1.165) is 18.4 Å². The zero-order valence-electron chi connectivity index (χ0n) is 16.9. The number of amides is 1. The first-order valence-corrected chi connectivity index (χ1v) is 11.4. The predicted molar refractivity (Wildman–Crippen MR) is 115 cm³/mol. The Morgan fingerprint density at radius 3 is 2.83 bits per heavy atom. The Kier molecular flexibility index (Phi) is 5.89. The molecule has 154 valence electrons. The van der Waals surface area contributed by atoms with Crippen LogP contribution in [0.15, 0.2) is 34.2 Å². The minimum Gasteiger partial charge on any atom is -0.352 e. The van der Waals surface area contributed by atoms with E-state index >= 15 is 0 Å². The van der Waals surface area contributed by atoms with Gasteiger partial charge in [-0.05, 0) is 37.3 Å². The first-order chi connectivity index (χ1) is 14.1. The topological polar surface area (TPSA) is 81.3 Å². The lowest BCUT2D eigenvalue weighted by Gasteiger charge is -2.29. The van der Waals surface area contributed by atoms with Crippen LogP contribution in [-0.2, 0) is 11.3 Å². The quantitative estimate of drug-likeness (QED) is 0.628. The van der Waals surface area contributed by atoms with Gasteiger partial charge in [0.1, 0.15) is 0 Å². The molecule has 0 bridgehead atoms. The van der Waals surface area contributed by atoms with Crippen molar-refractivity contribution in [3.05, 3.63) is 34.6 Å². The molecule has 1 saturated carbocycles. The summed E-state index contributed by atoms with van der Waals surface area (Å²) >= 11 is 1.36. The van der Waals surface area contributed by atoms with Gasteiger partial charge in [-0.15, -0.1) is 10.2 Å². The molecule has 1 aliphatic carbocycles. The zero-order chi connectivity index (χ0) is 20.4. The summed E-state index contributed by atoms with van der Waals surface area (Å²) in [6.45, 7) is 4.82. The van der Waals surface area contributed by atoms with Gasteiger partial charge in [-0.3, -0.25) is 18.6 Å². The van der Waals surface area contributed by atoms with Gasteiger partial charge in [-0.2, -0.15) is 0 Å². The fourth-order valence-electron chi connectivity index (χ4n) is 4.16. The number of carbonyl (C=O) groups excluding carboxylic acids is 1. The highest BCUT2D eigenvalue weighted by Crippen LogP contribution is 2.25. The Hall–Kier alpha value is -2.35. The molecule has 1 aliphatic rings. The second-order valence-electron chi connectivity index (χ2n) is 7.82. The molecule has 1 amide bonds. The molecule has 1 fully saturated rings. The highest BCUT2D eigenvalue weighted by molar-refractivity contribution is 7.99. The van der Waals surface area contributed by atoms with Crippen molar-refractivity contribution in [1.29, 1.82) is 0 Å².